The van der Waals surface area contributed by atoms with Crippen molar-refractivity contribution in [3.05, 3.63) is 23.8 Å². The fourth-order valence-corrected chi connectivity index (χ4v) is 1.34. The SMILES string of the molecule is C=C(C(=O)O)C1CC=C(C)C(=O)C1. The summed E-state index contributed by atoms with van der Waals surface area (Å²) >= 11 is 0. The lowest BCUT2D eigenvalue weighted by Gasteiger charge is -2.18. The first-order valence-corrected chi connectivity index (χ1v) is 4.14. The number of ketones is 1. The number of allylic oxidation sites excluding steroid dienone is 2. The van der Waals surface area contributed by atoms with Crippen LogP contribution in [0.2, 0.25) is 0 Å². The maximum absolute atomic E-state index is 11.2. The molecule has 1 N–H and O–H groups in total. The van der Waals surface area contributed by atoms with E-state index in [0.717, 1.165) is 5.57 Å². The molecule has 0 aromatic carbocycles. The number of aliphatic carboxylic acids is 1. The Balaban J connectivity index is 2.73. The second kappa shape index (κ2) is 3.56. The van der Waals surface area contributed by atoms with E-state index in [2.05, 4.69) is 6.58 Å². The second-order valence-electron chi connectivity index (χ2n) is 3.28. The van der Waals surface area contributed by atoms with Gasteiger partial charge in [0.25, 0.3) is 0 Å². The number of rotatable bonds is 2. The molecule has 0 aromatic rings. The molecule has 1 atom stereocenters. The lowest BCUT2D eigenvalue weighted by Crippen LogP contribution is -2.19. The molecule has 0 spiro atoms. The maximum Gasteiger partial charge on any atom is 0.331 e. The fraction of sp³-hybridized carbons (Fsp3) is 0.400. The predicted molar refractivity (Wildman–Crippen MR) is 48.3 cm³/mol. The van der Waals surface area contributed by atoms with Crippen molar-refractivity contribution in [2.24, 2.45) is 5.92 Å². The molecular weight excluding hydrogens is 168 g/mol. The number of carbonyl (C=O) groups is 2. The summed E-state index contributed by atoms with van der Waals surface area (Å²) in [5, 5.41) is 8.65. The lowest BCUT2D eigenvalue weighted by molar-refractivity contribution is -0.133. The molecule has 0 heterocycles. The van der Waals surface area contributed by atoms with E-state index >= 15 is 0 Å². The Hall–Kier alpha value is -1.38. The summed E-state index contributed by atoms with van der Waals surface area (Å²) in [6, 6.07) is 0. The van der Waals surface area contributed by atoms with Crippen LogP contribution in [0.3, 0.4) is 0 Å². The van der Waals surface area contributed by atoms with E-state index in [9.17, 15) is 9.59 Å². The van der Waals surface area contributed by atoms with E-state index in [4.69, 9.17) is 5.11 Å². The van der Waals surface area contributed by atoms with Crippen molar-refractivity contribution < 1.29 is 14.7 Å². The second-order valence-corrected chi connectivity index (χ2v) is 3.28. The zero-order valence-corrected chi connectivity index (χ0v) is 7.54. The standard InChI is InChI=1S/C10H12O3/c1-6-3-4-8(5-9(6)11)7(2)10(12)13/h3,8H,2,4-5H2,1H3,(H,12,13). The summed E-state index contributed by atoms with van der Waals surface area (Å²) in [5.41, 5.74) is 0.867. The Labute approximate surface area is 76.8 Å². The van der Waals surface area contributed by atoms with Crippen LogP contribution < -0.4 is 0 Å². The summed E-state index contributed by atoms with van der Waals surface area (Å²) in [5.74, 6) is -1.20. The minimum atomic E-state index is -1.01. The minimum absolute atomic E-state index is 0.0265. The highest BCUT2D eigenvalue weighted by Crippen LogP contribution is 2.25. The highest BCUT2D eigenvalue weighted by atomic mass is 16.4. The van der Waals surface area contributed by atoms with Gasteiger partial charge in [-0.1, -0.05) is 12.7 Å². The molecule has 70 valence electrons. The summed E-state index contributed by atoms with van der Waals surface area (Å²) < 4.78 is 0. The van der Waals surface area contributed by atoms with Gasteiger partial charge in [-0.25, -0.2) is 4.79 Å². The molecule has 1 rings (SSSR count). The predicted octanol–water partition coefficient (Wildman–Crippen LogP) is 1.55. The van der Waals surface area contributed by atoms with Crippen molar-refractivity contribution in [2.45, 2.75) is 19.8 Å². The van der Waals surface area contributed by atoms with Crippen LogP contribution in [0.1, 0.15) is 19.8 Å². The largest absolute Gasteiger partial charge is 0.478 e. The third-order valence-corrected chi connectivity index (χ3v) is 2.35. The van der Waals surface area contributed by atoms with Gasteiger partial charge in [0.2, 0.25) is 0 Å². The van der Waals surface area contributed by atoms with E-state index in [1.165, 1.54) is 0 Å². The van der Waals surface area contributed by atoms with Gasteiger partial charge < -0.3 is 5.11 Å². The highest BCUT2D eigenvalue weighted by Gasteiger charge is 2.24. The molecule has 1 aliphatic rings. The average molecular weight is 180 g/mol. The number of carboxylic acid groups (broad SMARTS) is 1. The van der Waals surface area contributed by atoms with Crippen LogP contribution in [0.4, 0.5) is 0 Å². The molecule has 0 aromatic heterocycles. The van der Waals surface area contributed by atoms with Gasteiger partial charge in [0.05, 0.1) is 0 Å². The van der Waals surface area contributed by atoms with Crippen LogP contribution in [0.25, 0.3) is 0 Å². The number of carboxylic acids is 1. The Morgan fingerprint density at radius 2 is 2.31 bits per heavy atom. The Morgan fingerprint density at radius 1 is 1.69 bits per heavy atom. The fourth-order valence-electron chi connectivity index (χ4n) is 1.34. The van der Waals surface area contributed by atoms with Gasteiger partial charge >= 0.3 is 5.97 Å². The van der Waals surface area contributed by atoms with E-state index in [1.54, 1.807) is 13.0 Å². The Kier molecular flexibility index (Phi) is 2.66. The molecule has 1 unspecified atom stereocenters. The molecule has 13 heavy (non-hydrogen) atoms. The van der Waals surface area contributed by atoms with Gasteiger partial charge in [0.1, 0.15) is 0 Å². The summed E-state index contributed by atoms with van der Waals surface area (Å²) in [4.78, 5) is 21.8. The van der Waals surface area contributed by atoms with Crippen LogP contribution in [0.5, 0.6) is 0 Å². The van der Waals surface area contributed by atoms with Gasteiger partial charge in [-0.15, -0.1) is 0 Å². The monoisotopic (exact) mass is 180 g/mol. The smallest absolute Gasteiger partial charge is 0.331 e. The zero-order valence-electron chi connectivity index (χ0n) is 7.54. The minimum Gasteiger partial charge on any atom is -0.478 e. The van der Waals surface area contributed by atoms with Crippen LogP contribution in [0, 0.1) is 5.92 Å². The molecule has 0 radical (unpaired) electrons. The highest BCUT2D eigenvalue weighted by molar-refractivity contribution is 5.97. The molecule has 0 bridgehead atoms. The third-order valence-electron chi connectivity index (χ3n) is 2.35. The van der Waals surface area contributed by atoms with Crippen molar-refractivity contribution in [1.82, 2.24) is 0 Å². The normalized spacial score (nSPS) is 22.4. The first-order valence-electron chi connectivity index (χ1n) is 4.14. The number of Topliss-reactive ketones (excluding diaryl/α,β-unsaturated/α-hetero) is 1. The molecule has 1 aliphatic carbocycles. The van der Waals surface area contributed by atoms with E-state index in [0.29, 0.717) is 6.42 Å². The molecule has 0 aliphatic heterocycles. The average Bonchev–Trinajstić information content (AvgIpc) is 2.08. The topological polar surface area (TPSA) is 54.4 Å². The van der Waals surface area contributed by atoms with Crippen molar-refractivity contribution >= 4 is 11.8 Å². The van der Waals surface area contributed by atoms with E-state index in [1.807, 2.05) is 0 Å². The number of carbonyl (C=O) groups excluding carboxylic acids is 1. The van der Waals surface area contributed by atoms with Crippen LogP contribution in [0.15, 0.2) is 23.8 Å². The third kappa shape index (κ3) is 2.05. The van der Waals surface area contributed by atoms with Gasteiger partial charge in [0, 0.05) is 17.9 Å². The molecule has 0 amide bonds. The molecule has 0 saturated carbocycles. The molecule has 0 saturated heterocycles. The van der Waals surface area contributed by atoms with Gasteiger partial charge in [-0.05, 0) is 18.9 Å². The Morgan fingerprint density at radius 3 is 2.77 bits per heavy atom. The van der Waals surface area contributed by atoms with Crippen molar-refractivity contribution in [3.63, 3.8) is 0 Å². The quantitative estimate of drug-likeness (QED) is 0.656. The van der Waals surface area contributed by atoms with Crippen LogP contribution in [-0.4, -0.2) is 16.9 Å². The molecule has 3 nitrogen and oxygen atoms in total. The van der Waals surface area contributed by atoms with Crippen LogP contribution in [-0.2, 0) is 9.59 Å². The van der Waals surface area contributed by atoms with E-state index in [-0.39, 0.29) is 23.7 Å². The molecule has 3 heteroatoms. The Bertz CT molecular complexity index is 299. The zero-order chi connectivity index (χ0) is 10.0. The van der Waals surface area contributed by atoms with E-state index < -0.39 is 5.97 Å². The first-order chi connectivity index (χ1) is 6.02. The maximum atomic E-state index is 11.2. The van der Waals surface area contributed by atoms with Gasteiger partial charge in [-0.2, -0.15) is 0 Å². The van der Waals surface area contributed by atoms with Crippen molar-refractivity contribution in [1.29, 1.82) is 0 Å². The first kappa shape index (κ1) is 9.71. The van der Waals surface area contributed by atoms with Gasteiger partial charge in [0.15, 0.2) is 5.78 Å². The van der Waals surface area contributed by atoms with Crippen molar-refractivity contribution in [3.8, 4) is 0 Å². The van der Waals surface area contributed by atoms with Gasteiger partial charge in [-0.3, -0.25) is 4.79 Å². The number of hydrogen-bond acceptors (Lipinski definition) is 2. The lowest BCUT2D eigenvalue weighted by atomic mass is 9.84. The number of hydrogen-bond donors (Lipinski definition) is 1. The van der Waals surface area contributed by atoms with Crippen molar-refractivity contribution in [2.75, 3.05) is 0 Å². The summed E-state index contributed by atoms with van der Waals surface area (Å²) in [7, 11) is 0. The summed E-state index contributed by atoms with van der Waals surface area (Å²) in [6.45, 7) is 5.21. The van der Waals surface area contributed by atoms with Crippen LogP contribution >= 0.6 is 0 Å². The molecule has 0 fully saturated rings. The molecular formula is C10H12O3. The summed E-state index contributed by atoms with van der Waals surface area (Å²) in [6.07, 6.45) is 2.68.